The van der Waals surface area contributed by atoms with Gasteiger partial charge < -0.3 is 14.2 Å². The summed E-state index contributed by atoms with van der Waals surface area (Å²) in [5, 5.41) is 1.76. The Balaban J connectivity index is 1.41. The molecule has 1 unspecified atom stereocenters. The fourth-order valence-corrected chi connectivity index (χ4v) is 4.22. The van der Waals surface area contributed by atoms with E-state index in [9.17, 15) is 0 Å². The molecule has 3 aromatic rings. The van der Waals surface area contributed by atoms with Crippen LogP contribution in [0.25, 0.3) is 0 Å². The van der Waals surface area contributed by atoms with Crippen LogP contribution in [0.2, 0.25) is 0 Å². The van der Waals surface area contributed by atoms with Crippen LogP contribution in [0.5, 0.6) is 17.4 Å². The Bertz CT molecular complexity index is 1390. The number of aliphatic imine (C=N–C) groups is 2. The summed E-state index contributed by atoms with van der Waals surface area (Å²) in [4.78, 5) is 18.4. The number of hydrogen-bond acceptors (Lipinski definition) is 10. The second-order valence-electron chi connectivity index (χ2n) is 8.55. The number of ether oxygens (including phenoxy) is 3. The zero-order valence-electron chi connectivity index (χ0n) is 21.0. The maximum absolute atomic E-state index is 6.12. The summed E-state index contributed by atoms with van der Waals surface area (Å²) in [6.45, 7) is 1.81. The third-order valence-corrected chi connectivity index (χ3v) is 5.92. The molecule has 0 amide bonds. The van der Waals surface area contributed by atoms with E-state index in [1.165, 1.54) is 5.56 Å². The number of hydrogen-bond donors (Lipinski definition) is 2. The molecule has 0 fully saturated rings. The Hall–Kier alpha value is -4.28. The third-order valence-electron chi connectivity index (χ3n) is 5.92. The standard InChI is InChI=1S/C27H29N7O3/c1-17-29-24(16-26(30-17)37-25-11-7-5-9-19-8-4-6-10-20(19)31-25)34-23(32-27(28)33-34)15-18-12-13-21(35-2)22(14-18)36-3/h4,6-8,10-14,16,27,33H,5,9,15,28H2,1-3H3/b11-7-,31-25?. The van der Waals surface area contributed by atoms with Gasteiger partial charge in [-0.05, 0) is 55.2 Å². The lowest BCUT2D eigenvalue weighted by molar-refractivity contribution is 0.354. The molecule has 0 saturated carbocycles. The molecule has 2 aliphatic rings. The minimum atomic E-state index is -0.607. The lowest BCUT2D eigenvalue weighted by Crippen LogP contribution is -2.45. The van der Waals surface area contributed by atoms with Gasteiger partial charge in [-0.25, -0.2) is 20.0 Å². The predicted octanol–water partition coefficient (Wildman–Crippen LogP) is 3.62. The number of nitrogens with one attached hydrogen (secondary N) is 1. The van der Waals surface area contributed by atoms with E-state index < -0.39 is 6.29 Å². The highest BCUT2D eigenvalue weighted by Crippen LogP contribution is 2.29. The number of nitrogens with two attached hydrogens (primary N) is 1. The van der Waals surface area contributed by atoms with Crippen molar-refractivity contribution in [1.29, 1.82) is 0 Å². The van der Waals surface area contributed by atoms with Gasteiger partial charge in [-0.15, -0.1) is 0 Å². The number of nitrogens with zero attached hydrogens (tertiary/aromatic N) is 5. The van der Waals surface area contributed by atoms with E-state index in [0.29, 0.717) is 47.2 Å². The Morgan fingerprint density at radius 3 is 2.73 bits per heavy atom. The van der Waals surface area contributed by atoms with Crippen molar-refractivity contribution in [3.05, 3.63) is 77.6 Å². The molecule has 10 heteroatoms. The van der Waals surface area contributed by atoms with Crippen molar-refractivity contribution in [3.8, 4) is 17.4 Å². The average Bonchev–Trinajstić information content (AvgIpc) is 3.25. The minimum absolute atomic E-state index is 0.372. The van der Waals surface area contributed by atoms with Crippen molar-refractivity contribution < 1.29 is 14.2 Å². The zero-order chi connectivity index (χ0) is 25.8. The van der Waals surface area contributed by atoms with Gasteiger partial charge in [0.1, 0.15) is 11.7 Å². The van der Waals surface area contributed by atoms with Crippen LogP contribution in [-0.4, -0.2) is 42.2 Å². The molecule has 0 radical (unpaired) electrons. The number of benzene rings is 2. The van der Waals surface area contributed by atoms with Gasteiger partial charge in [0, 0.05) is 12.5 Å². The lowest BCUT2D eigenvalue weighted by Gasteiger charge is -2.21. The molecule has 1 atom stereocenters. The monoisotopic (exact) mass is 499 g/mol. The lowest BCUT2D eigenvalue weighted by atomic mass is 10.1. The molecule has 0 aliphatic carbocycles. The SMILES string of the molecule is COc1ccc(CC2=NC(N)NN2c2cc(OC3=Nc4ccccc4CC/C=C\3)nc(C)n2)cc1OC. The second kappa shape index (κ2) is 10.8. The fourth-order valence-electron chi connectivity index (χ4n) is 4.22. The number of hydrazine groups is 1. The number of allylic oxidation sites excluding steroid dienone is 1. The maximum Gasteiger partial charge on any atom is 0.226 e. The van der Waals surface area contributed by atoms with Crippen LogP contribution >= 0.6 is 0 Å². The van der Waals surface area contributed by atoms with Crippen molar-refractivity contribution in [3.63, 3.8) is 0 Å². The molecule has 2 aliphatic heterocycles. The molecular formula is C27H29N7O3. The summed E-state index contributed by atoms with van der Waals surface area (Å²) in [5.74, 6) is 3.93. The van der Waals surface area contributed by atoms with Crippen molar-refractivity contribution in [2.45, 2.75) is 32.5 Å². The topological polar surface area (TPSA) is 119 Å². The first-order chi connectivity index (χ1) is 18.0. The van der Waals surface area contributed by atoms with Gasteiger partial charge in [-0.2, -0.15) is 10.4 Å². The first kappa shape index (κ1) is 24.4. The largest absolute Gasteiger partial charge is 0.493 e. The molecular weight excluding hydrogens is 470 g/mol. The first-order valence-corrected chi connectivity index (χ1v) is 12.0. The van der Waals surface area contributed by atoms with Crippen LogP contribution in [0.15, 0.2) is 70.7 Å². The molecule has 0 bridgehead atoms. The summed E-state index contributed by atoms with van der Waals surface area (Å²) < 4.78 is 16.9. The Morgan fingerprint density at radius 1 is 1.05 bits per heavy atom. The summed E-state index contributed by atoms with van der Waals surface area (Å²) in [5.41, 5.74) is 12.3. The van der Waals surface area contributed by atoms with Gasteiger partial charge in [0.25, 0.3) is 0 Å². The summed E-state index contributed by atoms with van der Waals surface area (Å²) in [7, 11) is 3.22. The van der Waals surface area contributed by atoms with Gasteiger partial charge in [-0.1, -0.05) is 30.3 Å². The molecule has 5 rings (SSSR count). The normalized spacial score (nSPS) is 17.7. The average molecular weight is 500 g/mol. The molecule has 190 valence electrons. The quantitative estimate of drug-likeness (QED) is 0.528. The minimum Gasteiger partial charge on any atom is -0.493 e. The van der Waals surface area contributed by atoms with Gasteiger partial charge in [0.05, 0.1) is 19.9 Å². The number of aryl methyl sites for hydroxylation is 2. The van der Waals surface area contributed by atoms with Crippen LogP contribution in [-0.2, 0) is 12.8 Å². The van der Waals surface area contributed by atoms with Gasteiger partial charge in [-0.3, -0.25) is 5.73 Å². The fraction of sp³-hybridized carbons (Fsp3) is 0.259. The molecule has 2 aromatic carbocycles. The number of rotatable bonds is 6. The number of fused-ring (bicyclic) bond motifs is 1. The molecule has 3 heterocycles. The van der Waals surface area contributed by atoms with Crippen molar-refractivity contribution in [2.75, 3.05) is 19.2 Å². The van der Waals surface area contributed by atoms with E-state index in [-0.39, 0.29) is 0 Å². The Kier molecular flexibility index (Phi) is 7.11. The van der Waals surface area contributed by atoms with Crippen molar-refractivity contribution >= 4 is 23.2 Å². The van der Waals surface area contributed by atoms with Gasteiger partial charge in [0.2, 0.25) is 11.8 Å². The highest BCUT2D eigenvalue weighted by molar-refractivity contribution is 5.99. The smallest absolute Gasteiger partial charge is 0.226 e. The van der Waals surface area contributed by atoms with Gasteiger partial charge in [0.15, 0.2) is 23.6 Å². The number of anilines is 1. The number of amidine groups is 1. The van der Waals surface area contributed by atoms with Gasteiger partial charge >= 0.3 is 0 Å². The number of aromatic nitrogens is 2. The van der Waals surface area contributed by atoms with Crippen molar-refractivity contribution in [1.82, 2.24) is 15.4 Å². The highest BCUT2D eigenvalue weighted by Gasteiger charge is 2.26. The molecule has 10 nitrogen and oxygen atoms in total. The van der Waals surface area contributed by atoms with Crippen LogP contribution in [0, 0.1) is 6.92 Å². The Morgan fingerprint density at radius 2 is 1.89 bits per heavy atom. The Labute approximate surface area is 215 Å². The molecule has 3 N–H and O–H groups in total. The predicted molar refractivity (Wildman–Crippen MR) is 143 cm³/mol. The number of para-hydroxylation sites is 1. The third kappa shape index (κ3) is 5.60. The van der Waals surface area contributed by atoms with E-state index in [2.05, 4.69) is 32.5 Å². The van der Waals surface area contributed by atoms with E-state index in [4.69, 9.17) is 24.9 Å². The molecule has 37 heavy (non-hydrogen) atoms. The zero-order valence-corrected chi connectivity index (χ0v) is 21.0. The first-order valence-electron chi connectivity index (χ1n) is 12.0. The summed E-state index contributed by atoms with van der Waals surface area (Å²) >= 11 is 0. The van der Waals surface area contributed by atoms with Crippen LogP contribution in [0.4, 0.5) is 11.5 Å². The van der Waals surface area contributed by atoms with E-state index in [1.807, 2.05) is 49.4 Å². The van der Waals surface area contributed by atoms with E-state index >= 15 is 0 Å². The summed E-state index contributed by atoms with van der Waals surface area (Å²) in [6.07, 6.45) is 5.65. The molecule has 0 spiro atoms. The van der Waals surface area contributed by atoms with E-state index in [0.717, 1.165) is 24.1 Å². The summed E-state index contributed by atoms with van der Waals surface area (Å²) in [6, 6.07) is 15.6. The van der Waals surface area contributed by atoms with Crippen molar-refractivity contribution in [2.24, 2.45) is 15.7 Å². The van der Waals surface area contributed by atoms with Crippen LogP contribution < -0.4 is 30.4 Å². The molecule has 1 aromatic heterocycles. The van der Waals surface area contributed by atoms with Crippen LogP contribution in [0.1, 0.15) is 23.4 Å². The maximum atomic E-state index is 6.12. The second-order valence-corrected chi connectivity index (χ2v) is 8.55. The van der Waals surface area contributed by atoms with Crippen LogP contribution in [0.3, 0.4) is 0 Å². The number of methoxy groups -OCH3 is 2. The van der Waals surface area contributed by atoms with E-state index in [1.54, 1.807) is 25.3 Å². The molecule has 0 saturated heterocycles. The highest BCUT2D eigenvalue weighted by atomic mass is 16.5.